The standard InChI is InChI=1S/C5H9NO2S/c1-4(7)9-3-2-5(6)8/h2-3H2,1H3,(H2,6,8). The third-order valence-corrected chi connectivity index (χ3v) is 1.47. The lowest BCUT2D eigenvalue weighted by atomic mass is 10.5. The number of carbonyl (C=O) groups excluding carboxylic acids is 2. The smallest absolute Gasteiger partial charge is 0.218 e. The number of hydrogen-bond acceptors (Lipinski definition) is 3. The molecule has 0 aromatic heterocycles. The number of amides is 1. The highest BCUT2D eigenvalue weighted by molar-refractivity contribution is 8.13. The third-order valence-electron chi connectivity index (χ3n) is 0.654. The van der Waals surface area contributed by atoms with E-state index in [4.69, 9.17) is 5.73 Å². The van der Waals surface area contributed by atoms with Crippen LogP contribution in [0.25, 0.3) is 0 Å². The van der Waals surface area contributed by atoms with Gasteiger partial charge in [0.05, 0.1) is 0 Å². The van der Waals surface area contributed by atoms with Crippen LogP contribution in [-0.4, -0.2) is 16.8 Å². The largest absolute Gasteiger partial charge is 0.370 e. The minimum atomic E-state index is -0.358. The van der Waals surface area contributed by atoms with Gasteiger partial charge in [0.1, 0.15) is 0 Å². The summed E-state index contributed by atoms with van der Waals surface area (Å²) < 4.78 is 0. The van der Waals surface area contributed by atoms with Gasteiger partial charge in [0.15, 0.2) is 5.12 Å². The summed E-state index contributed by atoms with van der Waals surface area (Å²) >= 11 is 1.12. The van der Waals surface area contributed by atoms with Crippen molar-refractivity contribution in [3.05, 3.63) is 0 Å². The van der Waals surface area contributed by atoms with Crippen LogP contribution >= 0.6 is 11.8 Å². The molecule has 0 aliphatic rings. The lowest BCUT2D eigenvalue weighted by Crippen LogP contribution is -2.11. The first-order valence-corrected chi connectivity index (χ1v) is 3.53. The first-order valence-electron chi connectivity index (χ1n) is 2.54. The normalized spacial score (nSPS) is 9.00. The maximum Gasteiger partial charge on any atom is 0.218 e. The summed E-state index contributed by atoms with van der Waals surface area (Å²) in [6.07, 6.45) is 0.282. The molecule has 0 spiro atoms. The first-order chi connectivity index (χ1) is 4.13. The Kier molecular flexibility index (Phi) is 4.13. The molecule has 52 valence electrons. The Morgan fingerprint density at radius 2 is 2.11 bits per heavy atom. The molecular formula is C5H9NO2S. The Hall–Kier alpha value is -0.510. The van der Waals surface area contributed by atoms with Gasteiger partial charge in [-0.05, 0) is 0 Å². The summed E-state index contributed by atoms with van der Waals surface area (Å²) in [5.41, 5.74) is 4.82. The Morgan fingerprint density at radius 3 is 2.44 bits per heavy atom. The van der Waals surface area contributed by atoms with Gasteiger partial charge >= 0.3 is 0 Å². The van der Waals surface area contributed by atoms with Crippen LogP contribution in [0.15, 0.2) is 0 Å². The molecule has 1 amide bonds. The van der Waals surface area contributed by atoms with Crippen LogP contribution in [0.2, 0.25) is 0 Å². The summed E-state index contributed by atoms with van der Waals surface area (Å²) in [7, 11) is 0. The van der Waals surface area contributed by atoms with Gasteiger partial charge in [0.25, 0.3) is 0 Å². The molecule has 0 bridgehead atoms. The van der Waals surface area contributed by atoms with Crippen LogP contribution in [-0.2, 0) is 9.59 Å². The van der Waals surface area contributed by atoms with E-state index in [0.29, 0.717) is 5.75 Å². The predicted octanol–water partition coefficient (Wildman–Crippen LogP) is 0.142. The highest BCUT2D eigenvalue weighted by Crippen LogP contribution is 2.01. The highest BCUT2D eigenvalue weighted by atomic mass is 32.2. The lowest BCUT2D eigenvalue weighted by Gasteiger charge is -1.90. The molecule has 0 saturated heterocycles. The van der Waals surface area contributed by atoms with E-state index in [1.54, 1.807) is 0 Å². The monoisotopic (exact) mass is 147 g/mol. The van der Waals surface area contributed by atoms with Gasteiger partial charge in [-0.1, -0.05) is 11.8 Å². The Morgan fingerprint density at radius 1 is 1.56 bits per heavy atom. The van der Waals surface area contributed by atoms with Crippen molar-refractivity contribution in [2.24, 2.45) is 5.73 Å². The maximum atomic E-state index is 10.2. The van der Waals surface area contributed by atoms with Crippen LogP contribution in [0.5, 0.6) is 0 Å². The molecule has 0 heterocycles. The topological polar surface area (TPSA) is 60.2 Å². The van der Waals surface area contributed by atoms with E-state index in [-0.39, 0.29) is 17.4 Å². The quantitative estimate of drug-likeness (QED) is 0.617. The average Bonchev–Trinajstić information content (AvgIpc) is 1.63. The fourth-order valence-electron chi connectivity index (χ4n) is 0.295. The molecule has 0 aliphatic heterocycles. The molecule has 0 rings (SSSR count). The summed E-state index contributed by atoms with van der Waals surface area (Å²) in [6.45, 7) is 1.46. The van der Waals surface area contributed by atoms with Crippen LogP contribution in [0.4, 0.5) is 0 Å². The van der Waals surface area contributed by atoms with Gasteiger partial charge in [-0.15, -0.1) is 0 Å². The van der Waals surface area contributed by atoms with Crippen LogP contribution < -0.4 is 5.73 Å². The van der Waals surface area contributed by atoms with Gasteiger partial charge in [-0.25, -0.2) is 0 Å². The van der Waals surface area contributed by atoms with Gasteiger partial charge in [-0.2, -0.15) is 0 Å². The summed E-state index contributed by atoms with van der Waals surface area (Å²) in [6, 6.07) is 0. The van der Waals surface area contributed by atoms with E-state index in [1.165, 1.54) is 6.92 Å². The van der Waals surface area contributed by atoms with Gasteiger partial charge in [-0.3, -0.25) is 9.59 Å². The molecule has 0 fully saturated rings. The second kappa shape index (κ2) is 4.38. The number of primary amides is 1. The molecule has 2 N–H and O–H groups in total. The fourth-order valence-corrected chi connectivity index (χ4v) is 0.886. The third kappa shape index (κ3) is 7.49. The summed E-state index contributed by atoms with van der Waals surface area (Å²) in [5.74, 6) is 0.147. The molecule has 3 nitrogen and oxygen atoms in total. The van der Waals surface area contributed by atoms with Crippen LogP contribution in [0.3, 0.4) is 0 Å². The highest BCUT2D eigenvalue weighted by Gasteiger charge is 1.96. The van der Waals surface area contributed by atoms with Crippen LogP contribution in [0.1, 0.15) is 13.3 Å². The van der Waals surface area contributed by atoms with Crippen molar-refractivity contribution in [1.29, 1.82) is 0 Å². The van der Waals surface area contributed by atoms with E-state index in [1.807, 2.05) is 0 Å². The minimum Gasteiger partial charge on any atom is -0.370 e. The van der Waals surface area contributed by atoms with Gasteiger partial charge in [0.2, 0.25) is 5.91 Å². The number of nitrogens with two attached hydrogens (primary N) is 1. The molecular weight excluding hydrogens is 138 g/mol. The van der Waals surface area contributed by atoms with E-state index in [9.17, 15) is 9.59 Å². The summed E-state index contributed by atoms with van der Waals surface area (Å²) in [5, 5.41) is 0.0243. The lowest BCUT2D eigenvalue weighted by molar-refractivity contribution is -0.117. The molecule has 0 atom stereocenters. The van der Waals surface area contributed by atoms with Crippen molar-refractivity contribution in [2.75, 3.05) is 5.75 Å². The van der Waals surface area contributed by atoms with Crippen molar-refractivity contribution in [1.82, 2.24) is 0 Å². The van der Waals surface area contributed by atoms with Crippen molar-refractivity contribution in [3.63, 3.8) is 0 Å². The maximum absolute atomic E-state index is 10.2. The molecule has 0 aromatic rings. The molecule has 0 radical (unpaired) electrons. The molecule has 0 saturated carbocycles. The number of hydrogen-bond donors (Lipinski definition) is 1. The van der Waals surface area contributed by atoms with Crippen molar-refractivity contribution >= 4 is 22.8 Å². The van der Waals surface area contributed by atoms with E-state index < -0.39 is 0 Å². The first kappa shape index (κ1) is 8.49. The van der Waals surface area contributed by atoms with E-state index in [0.717, 1.165) is 11.8 Å². The average molecular weight is 147 g/mol. The minimum absolute atomic E-state index is 0.0243. The Balaban J connectivity index is 3.10. The molecule has 9 heavy (non-hydrogen) atoms. The fraction of sp³-hybridized carbons (Fsp3) is 0.600. The molecule has 0 aromatic carbocycles. The number of carbonyl (C=O) groups is 2. The summed E-state index contributed by atoms with van der Waals surface area (Å²) in [4.78, 5) is 20.3. The predicted molar refractivity (Wildman–Crippen MR) is 37.0 cm³/mol. The SMILES string of the molecule is CC(=O)SCCC(N)=O. The number of thioether (sulfide) groups is 1. The molecule has 0 unspecified atom stereocenters. The Bertz CT molecular complexity index is 110. The van der Waals surface area contributed by atoms with Gasteiger partial charge in [0, 0.05) is 19.1 Å². The second-order valence-corrected chi connectivity index (χ2v) is 2.83. The van der Waals surface area contributed by atoms with E-state index >= 15 is 0 Å². The van der Waals surface area contributed by atoms with Crippen molar-refractivity contribution in [2.45, 2.75) is 13.3 Å². The second-order valence-electron chi connectivity index (χ2n) is 1.56. The number of rotatable bonds is 3. The zero-order chi connectivity index (χ0) is 7.28. The molecule has 0 aliphatic carbocycles. The zero-order valence-corrected chi connectivity index (χ0v) is 6.03. The van der Waals surface area contributed by atoms with E-state index in [2.05, 4.69) is 0 Å². The van der Waals surface area contributed by atoms with Crippen molar-refractivity contribution < 1.29 is 9.59 Å². The van der Waals surface area contributed by atoms with Gasteiger partial charge < -0.3 is 5.73 Å². The molecule has 4 heteroatoms. The Labute approximate surface area is 58.0 Å². The van der Waals surface area contributed by atoms with Crippen molar-refractivity contribution in [3.8, 4) is 0 Å². The zero-order valence-electron chi connectivity index (χ0n) is 5.22. The van der Waals surface area contributed by atoms with Crippen LogP contribution in [0, 0.1) is 0 Å².